The third kappa shape index (κ3) is 7.01. The number of phenols is 1. The molecule has 0 unspecified atom stereocenters. The molecule has 2 aromatic heterocycles. The van der Waals surface area contributed by atoms with E-state index in [1.807, 2.05) is 24.3 Å². The Morgan fingerprint density at radius 3 is 2.53 bits per heavy atom. The van der Waals surface area contributed by atoms with Crippen molar-refractivity contribution < 1.29 is 28.2 Å². The van der Waals surface area contributed by atoms with Crippen LogP contribution in [-0.2, 0) is 32.7 Å². The monoisotopic (exact) mass is 579 g/mol. The molecule has 1 amide bonds. The summed E-state index contributed by atoms with van der Waals surface area (Å²) in [6, 6.07) is 15.2. The highest BCUT2D eigenvalue weighted by atomic mass is 35.5. The molecule has 0 radical (unpaired) electrons. The fourth-order valence-corrected chi connectivity index (χ4v) is 6.00. The Labute approximate surface area is 228 Å². The first kappa shape index (κ1) is 28.9. The number of anilines is 1. The van der Waals surface area contributed by atoms with Gasteiger partial charge in [-0.05, 0) is 49.4 Å². The van der Waals surface area contributed by atoms with E-state index in [-0.39, 0.29) is 34.2 Å². The molecule has 14 heteroatoms. The van der Waals surface area contributed by atoms with Gasteiger partial charge in [-0.3, -0.25) is 19.0 Å². The number of likely N-dealkylation sites (N-methyl/N-ethyl adjacent to an activating group) is 1. The topological polar surface area (TPSA) is 163 Å². The molecule has 0 aliphatic heterocycles. The van der Waals surface area contributed by atoms with Gasteiger partial charge in [0, 0.05) is 6.54 Å². The smallest absolute Gasteiger partial charge is 0.290 e. The number of hydrogen-bond donors (Lipinski definition) is 5. The van der Waals surface area contributed by atoms with E-state index in [4.69, 9.17) is 21.5 Å². The zero-order chi connectivity index (χ0) is 27.9. The van der Waals surface area contributed by atoms with Gasteiger partial charge in [-0.25, -0.2) is 8.42 Å². The quantitative estimate of drug-likeness (QED) is 0.189. The van der Waals surface area contributed by atoms with Gasteiger partial charge in [0.05, 0.1) is 27.8 Å². The van der Waals surface area contributed by atoms with Gasteiger partial charge in [0.1, 0.15) is 9.96 Å². The maximum Gasteiger partial charge on any atom is 0.290 e. The molecule has 4 rings (SSSR count). The summed E-state index contributed by atoms with van der Waals surface area (Å²) in [5.74, 6) is -0.173. The van der Waals surface area contributed by atoms with Crippen molar-refractivity contribution in [1.29, 1.82) is 0 Å². The lowest BCUT2D eigenvalue weighted by atomic mass is 10.1. The Hall–Kier alpha value is -3.65. The number of carboxylic acid groups (broad SMARTS) is 1. The maximum absolute atomic E-state index is 12.8. The minimum Gasteiger partial charge on any atom is -0.507 e. The van der Waals surface area contributed by atoms with Gasteiger partial charge in [-0.2, -0.15) is 5.10 Å². The van der Waals surface area contributed by atoms with Crippen LogP contribution in [0.3, 0.4) is 0 Å². The molecule has 38 heavy (non-hydrogen) atoms. The van der Waals surface area contributed by atoms with Crippen LogP contribution >= 0.6 is 22.9 Å². The van der Waals surface area contributed by atoms with Crippen molar-refractivity contribution in [2.24, 2.45) is 0 Å². The lowest BCUT2D eigenvalue weighted by molar-refractivity contribution is -0.123. The molecule has 0 bridgehead atoms. The molecule has 0 aliphatic carbocycles. The molecule has 2 heterocycles. The first-order valence-electron chi connectivity index (χ1n) is 11.2. The van der Waals surface area contributed by atoms with Crippen LogP contribution in [0.15, 0.2) is 58.8 Å². The number of aromatic nitrogens is 2. The number of aromatic hydroxyl groups is 1. The standard InChI is InChI=1S/C23H24ClN5O4S2.CH2O2/c1-14(25-2)23(31)26-12-15-5-3-6-16(11-15)13-29-17-7-4-8-18(30)21(17)22(27-29)28-35(32,33)20-10-9-19(24)34-20;2-1-3/h3-11,14,25,30H,12-13H2,1-2H3,(H,26,31)(H,27,28);1H,(H,2,3)/t14-;/m1./s1. The number of fused-ring (bicyclic) bond motifs is 1. The zero-order valence-corrected chi connectivity index (χ0v) is 22.8. The summed E-state index contributed by atoms with van der Waals surface area (Å²) in [4.78, 5) is 20.4. The lowest BCUT2D eigenvalue weighted by Crippen LogP contribution is -2.39. The minimum atomic E-state index is -3.94. The van der Waals surface area contributed by atoms with Crippen molar-refractivity contribution in [2.45, 2.75) is 30.3 Å². The Kier molecular flexibility index (Phi) is 9.69. The number of carbonyl (C=O) groups excluding carboxylic acids is 1. The Morgan fingerprint density at radius 2 is 1.87 bits per heavy atom. The minimum absolute atomic E-state index is 0.0205. The summed E-state index contributed by atoms with van der Waals surface area (Å²) in [6.07, 6.45) is 0. The van der Waals surface area contributed by atoms with E-state index >= 15 is 0 Å². The molecule has 0 aliphatic rings. The number of halogens is 1. The number of nitrogens with one attached hydrogen (secondary N) is 3. The molecule has 0 saturated heterocycles. The predicted octanol–water partition coefficient (Wildman–Crippen LogP) is 3.23. The fourth-order valence-electron chi connectivity index (χ4n) is 3.51. The van der Waals surface area contributed by atoms with E-state index in [0.29, 0.717) is 28.3 Å². The molecule has 4 aromatic rings. The number of amides is 1. The van der Waals surface area contributed by atoms with Crippen LogP contribution < -0.4 is 15.4 Å². The highest BCUT2D eigenvalue weighted by Gasteiger charge is 2.22. The van der Waals surface area contributed by atoms with Crippen molar-refractivity contribution in [3.63, 3.8) is 0 Å². The van der Waals surface area contributed by atoms with Gasteiger partial charge in [-0.1, -0.05) is 41.9 Å². The van der Waals surface area contributed by atoms with Crippen molar-refractivity contribution >= 4 is 62.1 Å². The van der Waals surface area contributed by atoms with E-state index in [2.05, 4.69) is 20.5 Å². The largest absolute Gasteiger partial charge is 0.507 e. The van der Waals surface area contributed by atoms with Crippen LogP contribution in [0.25, 0.3) is 10.9 Å². The Bertz CT molecular complexity index is 1540. The van der Waals surface area contributed by atoms with E-state index in [0.717, 1.165) is 22.5 Å². The molecule has 5 N–H and O–H groups in total. The molecule has 0 fully saturated rings. The van der Waals surface area contributed by atoms with Gasteiger partial charge < -0.3 is 20.8 Å². The van der Waals surface area contributed by atoms with Gasteiger partial charge in [0.15, 0.2) is 5.82 Å². The number of nitrogens with zero attached hydrogens (tertiary/aromatic N) is 2. The third-order valence-corrected chi connectivity index (χ3v) is 8.48. The van der Waals surface area contributed by atoms with Crippen LogP contribution in [0.5, 0.6) is 5.75 Å². The number of sulfonamides is 1. The van der Waals surface area contributed by atoms with E-state index in [9.17, 15) is 18.3 Å². The van der Waals surface area contributed by atoms with Gasteiger partial charge in [-0.15, -0.1) is 11.3 Å². The SMILES string of the molecule is CN[C@H](C)C(=O)NCc1cccc(Cn2nc(NS(=O)(=O)c3ccc(Cl)s3)c3c(O)cccc32)c1.O=CO. The summed E-state index contributed by atoms with van der Waals surface area (Å²) in [7, 11) is -2.22. The number of rotatable bonds is 9. The lowest BCUT2D eigenvalue weighted by Gasteiger charge is -2.12. The van der Waals surface area contributed by atoms with Crippen LogP contribution in [0.2, 0.25) is 4.34 Å². The van der Waals surface area contributed by atoms with E-state index in [1.54, 1.807) is 30.8 Å². The average molecular weight is 580 g/mol. The van der Waals surface area contributed by atoms with Crippen molar-refractivity contribution in [3.05, 3.63) is 70.1 Å². The number of hydrogen-bond acceptors (Lipinski definition) is 8. The molecule has 11 nitrogen and oxygen atoms in total. The second-order valence-electron chi connectivity index (χ2n) is 8.00. The van der Waals surface area contributed by atoms with Gasteiger partial charge in [0.25, 0.3) is 16.5 Å². The number of thiophene rings is 1. The molecule has 1 atom stereocenters. The highest BCUT2D eigenvalue weighted by molar-refractivity contribution is 7.94. The molecular weight excluding hydrogens is 554 g/mol. The summed E-state index contributed by atoms with van der Waals surface area (Å²) in [6.45, 7) is 2.22. The molecule has 0 spiro atoms. The van der Waals surface area contributed by atoms with Crippen LogP contribution in [0.1, 0.15) is 18.1 Å². The highest BCUT2D eigenvalue weighted by Crippen LogP contribution is 2.34. The van der Waals surface area contributed by atoms with Crippen LogP contribution in [0, 0.1) is 0 Å². The zero-order valence-electron chi connectivity index (χ0n) is 20.4. The van der Waals surface area contributed by atoms with Gasteiger partial charge in [0.2, 0.25) is 5.91 Å². The van der Waals surface area contributed by atoms with Crippen molar-refractivity contribution in [1.82, 2.24) is 20.4 Å². The van der Waals surface area contributed by atoms with Crippen molar-refractivity contribution in [3.8, 4) is 5.75 Å². The van der Waals surface area contributed by atoms with Crippen LogP contribution in [0.4, 0.5) is 5.82 Å². The van der Waals surface area contributed by atoms with E-state index in [1.165, 1.54) is 18.2 Å². The van der Waals surface area contributed by atoms with Crippen LogP contribution in [-0.4, -0.2) is 53.9 Å². The Morgan fingerprint density at radius 1 is 1.18 bits per heavy atom. The first-order valence-corrected chi connectivity index (χ1v) is 13.8. The fraction of sp³-hybridized carbons (Fsp3) is 0.208. The second kappa shape index (κ2) is 12.7. The summed E-state index contributed by atoms with van der Waals surface area (Å²) >= 11 is 6.83. The summed E-state index contributed by atoms with van der Waals surface area (Å²) in [5.41, 5.74) is 2.37. The summed E-state index contributed by atoms with van der Waals surface area (Å²) < 4.78 is 30.2. The number of benzene rings is 2. The molecule has 202 valence electrons. The number of phenolic OH excluding ortho intramolecular Hbond substituents is 1. The van der Waals surface area contributed by atoms with Gasteiger partial charge >= 0.3 is 0 Å². The number of carbonyl (C=O) groups is 2. The third-order valence-electron chi connectivity index (χ3n) is 5.42. The Balaban J connectivity index is 0.00000127. The molecular formula is C24H26ClN5O6S2. The molecule has 2 aromatic carbocycles. The average Bonchev–Trinajstić information content (AvgIpc) is 3.47. The van der Waals surface area contributed by atoms with E-state index < -0.39 is 10.0 Å². The maximum atomic E-state index is 12.8. The van der Waals surface area contributed by atoms with Crippen molar-refractivity contribution in [2.75, 3.05) is 11.8 Å². The predicted molar refractivity (Wildman–Crippen MR) is 146 cm³/mol. The first-order chi connectivity index (χ1) is 18.1. The normalized spacial score (nSPS) is 11.9. The second-order valence-corrected chi connectivity index (χ2v) is 11.6. The molecule has 0 saturated carbocycles. The summed E-state index contributed by atoms with van der Waals surface area (Å²) in [5, 5.41) is 27.9.